The maximum atomic E-state index is 12.4. The van der Waals surface area contributed by atoms with Gasteiger partial charge in [-0.1, -0.05) is 12.1 Å². The van der Waals surface area contributed by atoms with Crippen molar-refractivity contribution in [3.05, 3.63) is 35.4 Å². The van der Waals surface area contributed by atoms with Crippen LogP contribution in [0.2, 0.25) is 0 Å². The molecule has 0 saturated heterocycles. The van der Waals surface area contributed by atoms with E-state index in [1.807, 2.05) is 20.8 Å². The van der Waals surface area contributed by atoms with Gasteiger partial charge in [0.2, 0.25) is 0 Å². The molecule has 120 valence electrons. The second kappa shape index (κ2) is 7.24. The van der Waals surface area contributed by atoms with Crippen LogP contribution in [0.4, 0.5) is 13.2 Å². The Labute approximate surface area is 123 Å². The van der Waals surface area contributed by atoms with Gasteiger partial charge in [0.05, 0.1) is 23.9 Å². The van der Waals surface area contributed by atoms with E-state index >= 15 is 0 Å². The fraction of sp³-hybridized carbons (Fsp3) is 0.600. The lowest BCUT2D eigenvalue weighted by atomic mass is 10.1. The van der Waals surface area contributed by atoms with Crippen molar-refractivity contribution in [2.75, 3.05) is 13.2 Å². The first-order chi connectivity index (χ1) is 9.58. The summed E-state index contributed by atoms with van der Waals surface area (Å²) < 4.78 is 42.6. The molecule has 21 heavy (non-hydrogen) atoms. The van der Waals surface area contributed by atoms with Gasteiger partial charge < -0.3 is 15.2 Å². The Hall–Kier alpha value is -1.11. The molecule has 3 nitrogen and oxygen atoms in total. The molecule has 1 aromatic carbocycles. The lowest BCUT2D eigenvalue weighted by molar-refractivity contribution is -0.137. The van der Waals surface area contributed by atoms with E-state index in [2.05, 4.69) is 5.32 Å². The number of rotatable bonds is 6. The van der Waals surface area contributed by atoms with Crippen molar-refractivity contribution in [2.24, 2.45) is 0 Å². The van der Waals surface area contributed by atoms with Crippen LogP contribution >= 0.6 is 0 Å². The average Bonchev–Trinajstić information content (AvgIpc) is 2.35. The molecule has 0 bridgehead atoms. The quantitative estimate of drug-likeness (QED) is 0.849. The van der Waals surface area contributed by atoms with Gasteiger partial charge in [-0.2, -0.15) is 13.2 Å². The van der Waals surface area contributed by atoms with Gasteiger partial charge in [-0.3, -0.25) is 0 Å². The minimum absolute atomic E-state index is 0.212. The summed E-state index contributed by atoms with van der Waals surface area (Å²) in [5, 5.41) is 12.7. The first-order valence-electron chi connectivity index (χ1n) is 6.77. The van der Waals surface area contributed by atoms with Crippen molar-refractivity contribution in [1.82, 2.24) is 5.32 Å². The summed E-state index contributed by atoms with van der Waals surface area (Å²) in [7, 11) is 0. The highest BCUT2D eigenvalue weighted by Crippen LogP contribution is 2.28. The summed E-state index contributed by atoms with van der Waals surface area (Å²) in [5.74, 6) is 0. The van der Waals surface area contributed by atoms with E-state index < -0.39 is 17.8 Å². The predicted octanol–water partition coefficient (Wildman–Crippen LogP) is 2.97. The smallest absolute Gasteiger partial charge is 0.389 e. The lowest BCUT2D eigenvalue weighted by Crippen LogP contribution is -2.33. The zero-order chi connectivity index (χ0) is 16.1. The molecule has 0 fully saturated rings. The van der Waals surface area contributed by atoms with Crippen molar-refractivity contribution in [3.8, 4) is 0 Å². The Morgan fingerprint density at radius 3 is 2.19 bits per heavy atom. The van der Waals surface area contributed by atoms with Crippen LogP contribution in [0.5, 0.6) is 0 Å². The maximum absolute atomic E-state index is 12.4. The minimum Gasteiger partial charge on any atom is -0.389 e. The topological polar surface area (TPSA) is 41.5 Å². The Morgan fingerprint density at radius 1 is 1.14 bits per heavy atom. The molecular formula is C15H22F3NO2. The molecule has 0 heterocycles. The van der Waals surface area contributed by atoms with Crippen molar-refractivity contribution in [3.63, 3.8) is 0 Å². The number of hydrogen-bond donors (Lipinski definition) is 2. The Bertz CT molecular complexity index is 424. The van der Waals surface area contributed by atoms with Gasteiger partial charge in [0.1, 0.15) is 0 Å². The summed E-state index contributed by atoms with van der Waals surface area (Å²) in [5.41, 5.74) is -0.245. The fourth-order valence-electron chi connectivity index (χ4n) is 1.60. The second-order valence-electron chi connectivity index (χ2n) is 5.90. The third-order valence-electron chi connectivity index (χ3n) is 2.70. The standard InChI is InChI=1S/C15H22F3NO2/c1-14(2,3)21-10-13(20)9-19-8-11-4-6-12(7-5-11)15(16,17)18/h4-7,13,19-20H,8-10H2,1-3H3. The van der Waals surface area contributed by atoms with Crippen LogP contribution in [0.1, 0.15) is 31.9 Å². The molecule has 0 spiro atoms. The van der Waals surface area contributed by atoms with E-state index in [9.17, 15) is 18.3 Å². The SMILES string of the molecule is CC(C)(C)OCC(O)CNCc1ccc(C(F)(F)F)cc1. The first-order valence-corrected chi connectivity index (χ1v) is 6.77. The van der Waals surface area contributed by atoms with Gasteiger partial charge in [0.15, 0.2) is 0 Å². The molecule has 1 rings (SSSR count). The average molecular weight is 305 g/mol. The Balaban J connectivity index is 2.33. The molecule has 0 aliphatic carbocycles. The molecule has 0 aromatic heterocycles. The molecule has 2 N–H and O–H groups in total. The molecule has 1 atom stereocenters. The number of aliphatic hydroxyl groups excluding tert-OH is 1. The monoisotopic (exact) mass is 305 g/mol. The van der Waals surface area contributed by atoms with E-state index in [1.54, 1.807) is 0 Å². The largest absolute Gasteiger partial charge is 0.416 e. The highest BCUT2D eigenvalue weighted by molar-refractivity contribution is 5.24. The summed E-state index contributed by atoms with van der Waals surface area (Å²) in [6, 6.07) is 4.95. The number of nitrogens with one attached hydrogen (secondary N) is 1. The molecule has 6 heteroatoms. The van der Waals surface area contributed by atoms with Gasteiger partial charge in [-0.25, -0.2) is 0 Å². The van der Waals surface area contributed by atoms with Crippen LogP contribution in [-0.2, 0) is 17.5 Å². The van der Waals surface area contributed by atoms with Crippen molar-refractivity contribution in [2.45, 2.75) is 45.2 Å². The van der Waals surface area contributed by atoms with E-state index in [0.717, 1.165) is 17.7 Å². The third kappa shape index (κ3) is 7.45. The first kappa shape index (κ1) is 17.9. The number of ether oxygens (including phenoxy) is 1. The predicted molar refractivity (Wildman–Crippen MR) is 74.9 cm³/mol. The van der Waals surface area contributed by atoms with Crippen LogP contribution in [0.25, 0.3) is 0 Å². The Kier molecular flexibility index (Phi) is 6.19. The third-order valence-corrected chi connectivity index (χ3v) is 2.70. The van der Waals surface area contributed by atoms with E-state index in [1.165, 1.54) is 12.1 Å². The van der Waals surface area contributed by atoms with Gasteiger partial charge in [-0.15, -0.1) is 0 Å². The summed E-state index contributed by atoms with van der Waals surface area (Å²) in [4.78, 5) is 0. The van der Waals surface area contributed by atoms with E-state index in [0.29, 0.717) is 13.1 Å². The zero-order valence-electron chi connectivity index (χ0n) is 12.5. The van der Waals surface area contributed by atoms with Crippen LogP contribution in [0.3, 0.4) is 0 Å². The second-order valence-corrected chi connectivity index (χ2v) is 5.90. The van der Waals surface area contributed by atoms with Gasteiger partial charge >= 0.3 is 6.18 Å². The van der Waals surface area contributed by atoms with Gasteiger partial charge in [-0.05, 0) is 38.5 Å². The Morgan fingerprint density at radius 2 is 1.71 bits per heavy atom. The van der Waals surface area contributed by atoms with Crippen molar-refractivity contribution >= 4 is 0 Å². The van der Waals surface area contributed by atoms with Crippen LogP contribution in [0.15, 0.2) is 24.3 Å². The van der Waals surface area contributed by atoms with Crippen LogP contribution in [0, 0.1) is 0 Å². The molecule has 0 aliphatic heterocycles. The normalized spacial score (nSPS) is 14.2. The molecule has 0 saturated carbocycles. The molecule has 0 aliphatic rings. The van der Waals surface area contributed by atoms with Crippen LogP contribution in [-0.4, -0.2) is 30.0 Å². The van der Waals surface area contributed by atoms with Gasteiger partial charge in [0, 0.05) is 13.1 Å². The molecular weight excluding hydrogens is 283 g/mol. The molecule has 0 amide bonds. The maximum Gasteiger partial charge on any atom is 0.416 e. The summed E-state index contributed by atoms with van der Waals surface area (Å²) in [6.45, 7) is 6.62. The summed E-state index contributed by atoms with van der Waals surface area (Å²) in [6.07, 6.45) is -4.97. The number of benzene rings is 1. The highest BCUT2D eigenvalue weighted by atomic mass is 19.4. The highest BCUT2D eigenvalue weighted by Gasteiger charge is 2.29. The number of alkyl halides is 3. The van der Waals surface area contributed by atoms with Crippen LogP contribution < -0.4 is 5.32 Å². The van der Waals surface area contributed by atoms with Gasteiger partial charge in [0.25, 0.3) is 0 Å². The molecule has 1 unspecified atom stereocenters. The van der Waals surface area contributed by atoms with E-state index in [-0.39, 0.29) is 12.2 Å². The number of hydrogen-bond acceptors (Lipinski definition) is 3. The fourth-order valence-corrected chi connectivity index (χ4v) is 1.60. The summed E-state index contributed by atoms with van der Waals surface area (Å²) >= 11 is 0. The molecule has 1 aromatic rings. The number of aliphatic hydroxyl groups is 1. The van der Waals surface area contributed by atoms with Crippen molar-refractivity contribution in [1.29, 1.82) is 0 Å². The number of halogens is 3. The zero-order valence-corrected chi connectivity index (χ0v) is 12.5. The van der Waals surface area contributed by atoms with Crippen molar-refractivity contribution < 1.29 is 23.0 Å². The molecule has 0 radical (unpaired) electrons. The van der Waals surface area contributed by atoms with E-state index in [4.69, 9.17) is 4.74 Å². The lowest BCUT2D eigenvalue weighted by Gasteiger charge is -2.22. The minimum atomic E-state index is -4.31.